The first-order valence-electron chi connectivity index (χ1n) is 5.34. The van der Waals surface area contributed by atoms with E-state index in [4.69, 9.17) is 5.73 Å². The number of nitrogens with one attached hydrogen (secondary N) is 1. The van der Waals surface area contributed by atoms with Gasteiger partial charge in [-0.15, -0.1) is 35.3 Å². The highest BCUT2D eigenvalue weighted by molar-refractivity contribution is 14.0. The molecule has 1 aliphatic carbocycles. The lowest BCUT2D eigenvalue weighted by Crippen LogP contribution is -2.34. The SMILES string of the molecule is CC1CC1NC(N)=NCCc1cccs1.I. The summed E-state index contributed by atoms with van der Waals surface area (Å²) in [6.45, 7) is 3.00. The molecule has 3 nitrogen and oxygen atoms in total. The average Bonchev–Trinajstić information content (AvgIpc) is 2.68. The van der Waals surface area contributed by atoms with Crippen LogP contribution in [0.2, 0.25) is 0 Å². The van der Waals surface area contributed by atoms with Gasteiger partial charge < -0.3 is 11.1 Å². The van der Waals surface area contributed by atoms with Gasteiger partial charge in [0.2, 0.25) is 0 Å². The van der Waals surface area contributed by atoms with Crippen LogP contribution in [0.5, 0.6) is 0 Å². The fraction of sp³-hybridized carbons (Fsp3) is 0.545. The number of hydrogen-bond acceptors (Lipinski definition) is 2. The van der Waals surface area contributed by atoms with Crippen LogP contribution >= 0.6 is 35.3 Å². The molecule has 1 aromatic heterocycles. The third-order valence-electron chi connectivity index (χ3n) is 2.66. The van der Waals surface area contributed by atoms with E-state index in [1.165, 1.54) is 11.3 Å². The molecular formula is C11H18IN3S. The predicted molar refractivity (Wildman–Crippen MR) is 80.6 cm³/mol. The molecule has 90 valence electrons. The van der Waals surface area contributed by atoms with Crippen molar-refractivity contribution in [2.45, 2.75) is 25.8 Å². The van der Waals surface area contributed by atoms with Crippen molar-refractivity contribution in [2.75, 3.05) is 6.54 Å². The maximum Gasteiger partial charge on any atom is 0.188 e. The topological polar surface area (TPSA) is 50.4 Å². The number of aliphatic imine (C=N–C) groups is 1. The molecule has 2 rings (SSSR count). The summed E-state index contributed by atoms with van der Waals surface area (Å²) < 4.78 is 0. The maximum atomic E-state index is 5.76. The fourth-order valence-electron chi connectivity index (χ4n) is 1.50. The molecule has 2 atom stereocenters. The lowest BCUT2D eigenvalue weighted by molar-refractivity contribution is 0.800. The highest BCUT2D eigenvalue weighted by atomic mass is 127. The predicted octanol–water partition coefficient (Wildman–Crippen LogP) is 2.22. The highest BCUT2D eigenvalue weighted by Crippen LogP contribution is 2.28. The molecular weight excluding hydrogens is 333 g/mol. The van der Waals surface area contributed by atoms with Gasteiger partial charge in [0.1, 0.15) is 0 Å². The molecule has 3 N–H and O–H groups in total. The Labute approximate surface area is 118 Å². The number of halogens is 1. The van der Waals surface area contributed by atoms with Crippen molar-refractivity contribution in [3.05, 3.63) is 22.4 Å². The number of hydrogen-bond donors (Lipinski definition) is 2. The van der Waals surface area contributed by atoms with E-state index in [1.54, 1.807) is 11.3 Å². The van der Waals surface area contributed by atoms with Gasteiger partial charge in [0, 0.05) is 23.9 Å². The molecule has 0 aromatic carbocycles. The van der Waals surface area contributed by atoms with Crippen molar-refractivity contribution in [1.29, 1.82) is 0 Å². The Hall–Kier alpha value is -0.300. The van der Waals surface area contributed by atoms with Gasteiger partial charge in [0.15, 0.2) is 5.96 Å². The molecule has 0 saturated heterocycles. The Morgan fingerprint density at radius 1 is 1.69 bits per heavy atom. The van der Waals surface area contributed by atoms with E-state index >= 15 is 0 Å². The van der Waals surface area contributed by atoms with Crippen LogP contribution in [0.15, 0.2) is 22.5 Å². The molecule has 1 aromatic rings. The number of guanidine groups is 1. The van der Waals surface area contributed by atoms with Crippen molar-refractivity contribution in [1.82, 2.24) is 5.32 Å². The van der Waals surface area contributed by atoms with E-state index in [0.717, 1.165) is 18.9 Å². The van der Waals surface area contributed by atoms with Gasteiger partial charge >= 0.3 is 0 Å². The second-order valence-corrected chi connectivity index (χ2v) is 5.09. The van der Waals surface area contributed by atoms with Crippen molar-refractivity contribution in [3.8, 4) is 0 Å². The van der Waals surface area contributed by atoms with E-state index < -0.39 is 0 Å². The molecule has 0 spiro atoms. The number of nitrogens with two attached hydrogens (primary N) is 1. The monoisotopic (exact) mass is 351 g/mol. The van der Waals surface area contributed by atoms with E-state index in [9.17, 15) is 0 Å². The molecule has 0 radical (unpaired) electrons. The summed E-state index contributed by atoms with van der Waals surface area (Å²) >= 11 is 1.77. The summed E-state index contributed by atoms with van der Waals surface area (Å²) in [5.41, 5.74) is 5.76. The molecule has 5 heteroatoms. The highest BCUT2D eigenvalue weighted by Gasteiger charge is 2.32. The zero-order valence-electron chi connectivity index (χ0n) is 9.35. The molecule has 1 saturated carbocycles. The fourth-order valence-corrected chi connectivity index (χ4v) is 2.20. The lowest BCUT2D eigenvalue weighted by atomic mass is 10.3. The van der Waals surface area contributed by atoms with Gasteiger partial charge in [0.25, 0.3) is 0 Å². The summed E-state index contributed by atoms with van der Waals surface area (Å²) in [5.74, 6) is 1.36. The summed E-state index contributed by atoms with van der Waals surface area (Å²) in [6.07, 6.45) is 2.21. The van der Waals surface area contributed by atoms with Crippen LogP contribution in [0.25, 0.3) is 0 Å². The Bertz CT molecular complexity index is 337. The maximum absolute atomic E-state index is 5.76. The van der Waals surface area contributed by atoms with Gasteiger partial charge in [-0.05, 0) is 23.8 Å². The summed E-state index contributed by atoms with van der Waals surface area (Å²) in [5, 5.41) is 5.30. The average molecular weight is 351 g/mol. The van der Waals surface area contributed by atoms with Crippen LogP contribution in [-0.4, -0.2) is 18.5 Å². The molecule has 1 aliphatic rings. The van der Waals surface area contributed by atoms with Gasteiger partial charge in [-0.1, -0.05) is 13.0 Å². The minimum Gasteiger partial charge on any atom is -0.370 e. The molecule has 0 aliphatic heterocycles. The first-order valence-corrected chi connectivity index (χ1v) is 6.22. The van der Waals surface area contributed by atoms with Gasteiger partial charge in [-0.2, -0.15) is 0 Å². The molecule has 2 unspecified atom stereocenters. The summed E-state index contributed by atoms with van der Waals surface area (Å²) in [7, 11) is 0. The van der Waals surface area contributed by atoms with E-state index in [1.807, 2.05) is 0 Å². The van der Waals surface area contributed by atoms with E-state index in [2.05, 4.69) is 34.7 Å². The van der Waals surface area contributed by atoms with Crippen molar-refractivity contribution >= 4 is 41.3 Å². The van der Waals surface area contributed by atoms with E-state index in [-0.39, 0.29) is 24.0 Å². The number of thiophene rings is 1. The van der Waals surface area contributed by atoms with Crippen molar-refractivity contribution in [3.63, 3.8) is 0 Å². The minimum atomic E-state index is 0. The van der Waals surface area contributed by atoms with Crippen LogP contribution in [0.4, 0.5) is 0 Å². The van der Waals surface area contributed by atoms with Gasteiger partial charge in [-0.25, -0.2) is 0 Å². The Balaban J connectivity index is 0.00000128. The third-order valence-corrected chi connectivity index (χ3v) is 3.60. The smallest absolute Gasteiger partial charge is 0.188 e. The van der Waals surface area contributed by atoms with Crippen molar-refractivity contribution in [2.24, 2.45) is 16.6 Å². The Kier molecular flexibility index (Phi) is 5.54. The molecule has 1 fully saturated rings. The van der Waals surface area contributed by atoms with Crippen LogP contribution in [0, 0.1) is 5.92 Å². The van der Waals surface area contributed by atoms with E-state index in [0.29, 0.717) is 12.0 Å². The first kappa shape index (κ1) is 13.8. The Morgan fingerprint density at radius 2 is 2.44 bits per heavy atom. The van der Waals surface area contributed by atoms with Crippen LogP contribution in [-0.2, 0) is 6.42 Å². The van der Waals surface area contributed by atoms with Crippen LogP contribution in [0.1, 0.15) is 18.2 Å². The van der Waals surface area contributed by atoms with Crippen LogP contribution in [0.3, 0.4) is 0 Å². The second-order valence-electron chi connectivity index (χ2n) is 4.06. The Morgan fingerprint density at radius 3 is 3.00 bits per heavy atom. The van der Waals surface area contributed by atoms with Gasteiger partial charge in [-0.3, -0.25) is 4.99 Å². The first-order chi connectivity index (χ1) is 7.25. The third kappa shape index (κ3) is 4.29. The van der Waals surface area contributed by atoms with Crippen LogP contribution < -0.4 is 11.1 Å². The zero-order chi connectivity index (χ0) is 10.7. The molecule has 16 heavy (non-hydrogen) atoms. The summed E-state index contributed by atoms with van der Waals surface area (Å²) in [6, 6.07) is 4.76. The number of rotatable bonds is 4. The summed E-state index contributed by atoms with van der Waals surface area (Å²) in [4.78, 5) is 5.67. The number of nitrogens with zero attached hydrogens (tertiary/aromatic N) is 1. The van der Waals surface area contributed by atoms with Gasteiger partial charge in [0.05, 0.1) is 0 Å². The minimum absolute atomic E-state index is 0. The molecule has 0 bridgehead atoms. The normalized spacial score (nSPS) is 23.7. The van der Waals surface area contributed by atoms with Crippen molar-refractivity contribution < 1.29 is 0 Å². The second kappa shape index (κ2) is 6.44. The lowest BCUT2D eigenvalue weighted by Gasteiger charge is -2.03. The quantitative estimate of drug-likeness (QED) is 0.497. The largest absolute Gasteiger partial charge is 0.370 e. The molecule has 1 heterocycles. The zero-order valence-corrected chi connectivity index (χ0v) is 12.5. The molecule has 0 amide bonds. The standard InChI is InChI=1S/C11H17N3S.HI/c1-8-7-10(8)14-11(12)13-5-4-9-3-2-6-15-9;/h2-3,6,8,10H,4-5,7H2,1H3,(H3,12,13,14);1H.